The van der Waals surface area contributed by atoms with Crippen LogP contribution in [0.3, 0.4) is 0 Å². The van der Waals surface area contributed by atoms with Crippen LogP contribution in [0, 0.1) is 5.92 Å². The van der Waals surface area contributed by atoms with E-state index in [-0.39, 0.29) is 11.1 Å². The summed E-state index contributed by atoms with van der Waals surface area (Å²) in [6, 6.07) is 11.3. The lowest BCUT2D eigenvalue weighted by atomic mass is 9.98. The van der Waals surface area contributed by atoms with E-state index < -0.39 is 35.7 Å². The summed E-state index contributed by atoms with van der Waals surface area (Å²) in [6.45, 7) is 3.28. The molecule has 0 unspecified atom stereocenters. The van der Waals surface area contributed by atoms with Gasteiger partial charge in [-0.05, 0) is 36.2 Å². The standard InChI is InChI=1S/C20H19ClN2O5/c1-11(2)17(18(25)23-20(22)27)28-19(26)15-6-4-3-5-14(15)16(24)12-7-9-13(21)10-8-12/h3-11,17H,1-2H3,(H3,22,23,25,27)/t17-/m0/s1. The maximum atomic E-state index is 12.8. The molecule has 2 aromatic rings. The molecule has 0 radical (unpaired) electrons. The summed E-state index contributed by atoms with van der Waals surface area (Å²) in [5.74, 6) is -2.53. The molecule has 0 aliphatic carbocycles. The molecular formula is C20H19ClN2O5. The van der Waals surface area contributed by atoms with Crippen LogP contribution in [0.4, 0.5) is 4.79 Å². The van der Waals surface area contributed by atoms with Crippen LogP contribution >= 0.6 is 11.6 Å². The Morgan fingerprint density at radius 3 is 2.07 bits per heavy atom. The van der Waals surface area contributed by atoms with Crippen molar-refractivity contribution in [3.63, 3.8) is 0 Å². The number of hydrogen-bond donors (Lipinski definition) is 2. The van der Waals surface area contributed by atoms with E-state index in [1.54, 1.807) is 50.2 Å². The Hall–Kier alpha value is -3.19. The molecule has 3 N–H and O–H groups in total. The average molecular weight is 403 g/mol. The molecule has 0 fully saturated rings. The fourth-order valence-corrected chi connectivity index (χ4v) is 2.61. The van der Waals surface area contributed by atoms with Gasteiger partial charge in [0, 0.05) is 16.1 Å². The van der Waals surface area contributed by atoms with Gasteiger partial charge >= 0.3 is 12.0 Å². The first-order valence-electron chi connectivity index (χ1n) is 8.41. The highest BCUT2D eigenvalue weighted by Crippen LogP contribution is 2.19. The second-order valence-corrected chi connectivity index (χ2v) is 6.74. The fraction of sp³-hybridized carbons (Fsp3) is 0.200. The van der Waals surface area contributed by atoms with Crippen molar-refractivity contribution in [1.29, 1.82) is 0 Å². The number of rotatable bonds is 6. The number of primary amides is 1. The van der Waals surface area contributed by atoms with Crippen LogP contribution in [-0.4, -0.2) is 29.8 Å². The number of nitrogens with one attached hydrogen (secondary N) is 1. The molecule has 146 valence electrons. The molecule has 2 aromatic carbocycles. The van der Waals surface area contributed by atoms with Crippen molar-refractivity contribution in [2.24, 2.45) is 11.7 Å². The van der Waals surface area contributed by atoms with Crippen molar-refractivity contribution in [2.45, 2.75) is 20.0 Å². The van der Waals surface area contributed by atoms with Gasteiger partial charge in [0.25, 0.3) is 5.91 Å². The Bertz CT molecular complexity index is 909. The molecule has 7 nitrogen and oxygen atoms in total. The SMILES string of the molecule is CC(C)[C@H](OC(=O)c1ccccc1C(=O)c1ccc(Cl)cc1)C(=O)NC(N)=O. The van der Waals surface area contributed by atoms with Gasteiger partial charge in [0.05, 0.1) is 5.56 Å². The van der Waals surface area contributed by atoms with E-state index in [0.29, 0.717) is 10.6 Å². The van der Waals surface area contributed by atoms with Crippen LogP contribution in [0.1, 0.15) is 40.1 Å². The summed E-state index contributed by atoms with van der Waals surface area (Å²) in [5, 5.41) is 2.37. The summed E-state index contributed by atoms with van der Waals surface area (Å²) in [6.07, 6.45) is -1.25. The van der Waals surface area contributed by atoms with Crippen LogP contribution in [-0.2, 0) is 9.53 Å². The van der Waals surface area contributed by atoms with E-state index in [4.69, 9.17) is 22.1 Å². The van der Waals surface area contributed by atoms with Crippen molar-refractivity contribution >= 4 is 35.3 Å². The van der Waals surface area contributed by atoms with Crippen molar-refractivity contribution in [1.82, 2.24) is 5.32 Å². The number of carbonyl (C=O) groups excluding carboxylic acids is 4. The zero-order chi connectivity index (χ0) is 20.8. The minimum atomic E-state index is -1.25. The van der Waals surface area contributed by atoms with E-state index in [9.17, 15) is 19.2 Å². The Kier molecular flexibility index (Phi) is 6.89. The second kappa shape index (κ2) is 9.14. The van der Waals surface area contributed by atoms with Crippen molar-refractivity contribution in [3.8, 4) is 0 Å². The predicted octanol–water partition coefficient (Wildman–Crippen LogP) is 2.95. The highest BCUT2D eigenvalue weighted by Gasteiger charge is 2.29. The smallest absolute Gasteiger partial charge is 0.339 e. The molecule has 0 aliphatic rings. The maximum absolute atomic E-state index is 12.8. The molecule has 0 heterocycles. The molecule has 0 saturated heterocycles. The van der Waals surface area contributed by atoms with Gasteiger partial charge < -0.3 is 10.5 Å². The van der Waals surface area contributed by atoms with Crippen LogP contribution in [0.5, 0.6) is 0 Å². The van der Waals surface area contributed by atoms with Gasteiger partial charge in [-0.2, -0.15) is 0 Å². The number of hydrogen-bond acceptors (Lipinski definition) is 5. The third kappa shape index (κ3) is 5.17. The summed E-state index contributed by atoms with van der Waals surface area (Å²) in [5.41, 5.74) is 5.41. The van der Waals surface area contributed by atoms with Gasteiger partial charge in [-0.25, -0.2) is 9.59 Å². The number of esters is 1. The predicted molar refractivity (Wildman–Crippen MR) is 103 cm³/mol. The summed E-state index contributed by atoms with van der Waals surface area (Å²) in [7, 11) is 0. The Morgan fingerprint density at radius 2 is 1.54 bits per heavy atom. The van der Waals surface area contributed by atoms with Crippen molar-refractivity contribution in [3.05, 3.63) is 70.2 Å². The van der Waals surface area contributed by atoms with Gasteiger partial charge in [0.2, 0.25) is 0 Å². The molecule has 0 spiro atoms. The molecule has 28 heavy (non-hydrogen) atoms. The molecule has 0 aliphatic heterocycles. The molecule has 8 heteroatoms. The van der Waals surface area contributed by atoms with Gasteiger partial charge in [-0.1, -0.05) is 43.6 Å². The number of urea groups is 1. The van der Waals surface area contributed by atoms with E-state index in [1.165, 1.54) is 12.1 Å². The summed E-state index contributed by atoms with van der Waals surface area (Å²) in [4.78, 5) is 48.4. The third-order valence-electron chi connectivity index (χ3n) is 3.84. The molecule has 0 bridgehead atoms. The average Bonchev–Trinajstić information content (AvgIpc) is 2.65. The number of imide groups is 1. The molecule has 0 saturated carbocycles. The van der Waals surface area contributed by atoms with Gasteiger partial charge in [-0.3, -0.25) is 14.9 Å². The molecule has 0 aromatic heterocycles. The fourth-order valence-electron chi connectivity index (χ4n) is 2.48. The van der Waals surface area contributed by atoms with E-state index in [2.05, 4.69) is 0 Å². The molecular weight excluding hydrogens is 384 g/mol. The third-order valence-corrected chi connectivity index (χ3v) is 4.09. The number of nitrogens with two attached hydrogens (primary N) is 1. The van der Waals surface area contributed by atoms with Crippen LogP contribution in [0.2, 0.25) is 5.02 Å². The zero-order valence-corrected chi connectivity index (χ0v) is 16.0. The van der Waals surface area contributed by atoms with Gasteiger partial charge in [-0.15, -0.1) is 0 Å². The first-order valence-corrected chi connectivity index (χ1v) is 8.79. The molecule has 2 rings (SSSR count). The Balaban J connectivity index is 2.30. The Morgan fingerprint density at radius 1 is 0.964 bits per heavy atom. The minimum Gasteiger partial charge on any atom is -0.448 e. The molecule has 1 atom stereocenters. The van der Waals surface area contributed by atoms with E-state index >= 15 is 0 Å². The van der Waals surface area contributed by atoms with E-state index in [0.717, 1.165) is 0 Å². The highest BCUT2D eigenvalue weighted by molar-refractivity contribution is 6.30. The summed E-state index contributed by atoms with van der Waals surface area (Å²) >= 11 is 5.84. The van der Waals surface area contributed by atoms with E-state index in [1.807, 2.05) is 5.32 Å². The molecule has 3 amide bonds. The Labute approximate surface area is 166 Å². The number of amides is 3. The monoisotopic (exact) mass is 402 g/mol. The second-order valence-electron chi connectivity index (χ2n) is 6.31. The normalized spacial score (nSPS) is 11.6. The number of carbonyl (C=O) groups is 4. The van der Waals surface area contributed by atoms with Crippen LogP contribution < -0.4 is 11.1 Å². The lowest BCUT2D eigenvalue weighted by Gasteiger charge is -2.20. The lowest BCUT2D eigenvalue weighted by molar-refractivity contribution is -0.130. The minimum absolute atomic E-state index is 0.0000231. The number of ketones is 1. The number of ether oxygens (including phenoxy) is 1. The van der Waals surface area contributed by atoms with Crippen molar-refractivity contribution < 1.29 is 23.9 Å². The van der Waals surface area contributed by atoms with Crippen molar-refractivity contribution in [2.75, 3.05) is 0 Å². The van der Waals surface area contributed by atoms with Gasteiger partial charge in [0.1, 0.15) is 0 Å². The first-order chi connectivity index (χ1) is 13.2. The zero-order valence-electron chi connectivity index (χ0n) is 15.3. The lowest BCUT2D eigenvalue weighted by Crippen LogP contribution is -2.45. The topological polar surface area (TPSA) is 116 Å². The number of halogens is 1. The first kappa shape index (κ1) is 21.1. The van der Waals surface area contributed by atoms with Gasteiger partial charge in [0.15, 0.2) is 11.9 Å². The highest BCUT2D eigenvalue weighted by atomic mass is 35.5. The largest absolute Gasteiger partial charge is 0.448 e. The summed E-state index contributed by atoms with van der Waals surface area (Å²) < 4.78 is 5.27. The van der Waals surface area contributed by atoms with Crippen LogP contribution in [0.15, 0.2) is 48.5 Å². The number of benzene rings is 2. The maximum Gasteiger partial charge on any atom is 0.339 e. The van der Waals surface area contributed by atoms with Crippen LogP contribution in [0.25, 0.3) is 0 Å². The quantitative estimate of drug-likeness (QED) is 0.569.